The number of alkyl halides is 3. The molecule has 1 fully saturated rings. The Morgan fingerprint density at radius 2 is 1.85 bits per heavy atom. The number of fused-ring (bicyclic) bond motifs is 2. The van der Waals surface area contributed by atoms with Gasteiger partial charge < -0.3 is 29.6 Å². The normalized spacial score (nSPS) is 16.1. The van der Waals surface area contributed by atoms with E-state index in [0.29, 0.717) is 43.1 Å². The number of halogens is 3. The van der Waals surface area contributed by atoms with Crippen molar-refractivity contribution in [3.63, 3.8) is 0 Å². The number of rotatable bonds is 9. The monoisotopic (exact) mass is 637 g/mol. The Morgan fingerprint density at radius 3 is 2.61 bits per heavy atom. The van der Waals surface area contributed by atoms with Crippen LogP contribution in [0.25, 0.3) is 11.0 Å². The molecule has 244 valence electrons. The number of carbonyl (C=O) groups excluding carboxylic acids is 1. The Hall–Kier alpha value is -4.20. The molecule has 0 unspecified atom stereocenters. The number of anilines is 1. The predicted octanol–water partition coefficient (Wildman–Crippen LogP) is 5.69. The van der Waals surface area contributed by atoms with Crippen molar-refractivity contribution in [2.45, 2.75) is 39.0 Å². The van der Waals surface area contributed by atoms with Gasteiger partial charge in [0.1, 0.15) is 17.1 Å². The van der Waals surface area contributed by atoms with E-state index in [2.05, 4.69) is 32.1 Å². The number of piperazine rings is 1. The molecule has 0 bridgehead atoms. The number of hydrogen-bond donors (Lipinski definition) is 2. The highest BCUT2D eigenvalue weighted by Crippen LogP contribution is 2.35. The highest BCUT2D eigenvalue weighted by molar-refractivity contribution is 5.89. The van der Waals surface area contributed by atoms with Gasteiger partial charge in [-0.3, -0.25) is 9.88 Å². The van der Waals surface area contributed by atoms with Gasteiger partial charge in [-0.25, -0.2) is 9.78 Å². The van der Waals surface area contributed by atoms with Crippen molar-refractivity contribution in [3.8, 4) is 11.5 Å². The quantitative estimate of drug-likeness (QED) is 0.244. The van der Waals surface area contributed by atoms with Crippen LogP contribution >= 0.6 is 0 Å². The second kappa shape index (κ2) is 13.7. The zero-order valence-corrected chi connectivity index (χ0v) is 26.0. The summed E-state index contributed by atoms with van der Waals surface area (Å²) in [5, 5.41) is 3.52. The van der Waals surface area contributed by atoms with Gasteiger partial charge in [-0.2, -0.15) is 13.2 Å². The van der Waals surface area contributed by atoms with Crippen LogP contribution in [0, 0.1) is 0 Å². The van der Waals surface area contributed by atoms with Gasteiger partial charge in [-0.1, -0.05) is 13.0 Å². The third kappa shape index (κ3) is 7.27. The first-order valence-corrected chi connectivity index (χ1v) is 15.5. The van der Waals surface area contributed by atoms with Crippen molar-refractivity contribution in [2.24, 2.45) is 0 Å². The molecule has 2 amide bonds. The number of nitrogens with zero attached hydrogens (tertiary/aromatic N) is 5. The Labute approximate surface area is 265 Å². The van der Waals surface area contributed by atoms with Crippen molar-refractivity contribution in [2.75, 3.05) is 58.3 Å². The average molecular weight is 638 g/mol. The second-order valence-corrected chi connectivity index (χ2v) is 11.7. The van der Waals surface area contributed by atoms with Crippen molar-refractivity contribution < 1.29 is 27.4 Å². The van der Waals surface area contributed by atoms with Crippen LogP contribution in [0.15, 0.2) is 48.8 Å². The van der Waals surface area contributed by atoms with Crippen LogP contribution in [-0.2, 0) is 36.8 Å². The summed E-state index contributed by atoms with van der Waals surface area (Å²) in [7, 11) is 1.65. The van der Waals surface area contributed by atoms with E-state index in [0.717, 1.165) is 61.1 Å². The van der Waals surface area contributed by atoms with E-state index in [1.807, 2.05) is 17.0 Å². The fourth-order valence-electron chi connectivity index (χ4n) is 6.02. The maximum absolute atomic E-state index is 14.1. The third-order valence-electron chi connectivity index (χ3n) is 8.63. The summed E-state index contributed by atoms with van der Waals surface area (Å²) in [6.45, 7) is 7.56. The number of nitrogens with one attached hydrogen (secondary N) is 2. The van der Waals surface area contributed by atoms with Crippen LogP contribution in [0.4, 0.5) is 23.7 Å². The van der Waals surface area contributed by atoms with Crippen molar-refractivity contribution in [3.05, 3.63) is 76.9 Å². The average Bonchev–Trinajstić information content (AvgIpc) is 3.48. The molecule has 0 saturated carbocycles. The highest BCUT2D eigenvalue weighted by atomic mass is 19.4. The fourth-order valence-corrected chi connectivity index (χ4v) is 6.02. The first kappa shape index (κ1) is 31.8. The first-order chi connectivity index (χ1) is 22.2. The van der Waals surface area contributed by atoms with Crippen molar-refractivity contribution in [1.29, 1.82) is 0 Å². The van der Waals surface area contributed by atoms with Crippen LogP contribution in [0.3, 0.4) is 0 Å². The minimum Gasteiger partial charge on any atom is -0.455 e. The maximum atomic E-state index is 14.1. The number of H-pyrrole nitrogens is 1. The number of methoxy groups -OCH3 is 1. The molecule has 0 atom stereocenters. The molecule has 4 aromatic rings. The summed E-state index contributed by atoms with van der Waals surface area (Å²) in [6, 6.07) is 9.21. The van der Waals surface area contributed by atoms with Gasteiger partial charge in [0.15, 0.2) is 0 Å². The van der Waals surface area contributed by atoms with Crippen LogP contribution in [0.1, 0.15) is 35.0 Å². The van der Waals surface area contributed by atoms with Gasteiger partial charge in [-0.05, 0) is 48.0 Å². The molecule has 0 aliphatic carbocycles. The molecule has 10 nitrogen and oxygen atoms in total. The van der Waals surface area contributed by atoms with E-state index in [-0.39, 0.29) is 24.3 Å². The smallest absolute Gasteiger partial charge is 0.416 e. The summed E-state index contributed by atoms with van der Waals surface area (Å²) in [5.74, 6) is 1.12. The molecular formula is C33H38F3N7O3. The van der Waals surface area contributed by atoms with Crippen LogP contribution in [-0.4, -0.2) is 88.7 Å². The Bertz CT molecular complexity index is 1690. The van der Waals surface area contributed by atoms with E-state index in [9.17, 15) is 18.0 Å². The molecule has 2 N–H and O–H groups in total. The SMILES string of the molecule is CCN1CCN(Cc2ccc(NC(=O)N3CCc4ncc(Oc5ccnc6[nH]c(CCOC)cc56)cc4C3)cc2C(F)(F)F)CC1. The molecule has 5 heterocycles. The first-order valence-electron chi connectivity index (χ1n) is 15.5. The molecule has 0 radical (unpaired) electrons. The standard InChI is InChI=1S/C33H38F3N7O3/c1-3-41-11-13-42(14-12-41)20-22-4-5-24(18-28(22)33(34,35)36)40-32(44)43-10-7-29-23(21-43)16-26(19-38-29)46-30-6-9-37-31-27(30)17-25(39-31)8-15-45-2/h4-6,9,16-19H,3,7-8,10-15,20-21H2,1-2H3,(H,37,39)(H,40,44). The summed E-state index contributed by atoms with van der Waals surface area (Å²) in [4.78, 5) is 31.4. The van der Waals surface area contributed by atoms with Gasteiger partial charge in [0.2, 0.25) is 0 Å². The van der Waals surface area contributed by atoms with Gasteiger partial charge >= 0.3 is 12.2 Å². The molecule has 1 saturated heterocycles. The van der Waals surface area contributed by atoms with Crippen LogP contribution < -0.4 is 10.1 Å². The number of ether oxygens (including phenoxy) is 2. The van der Waals surface area contributed by atoms with E-state index in [1.54, 1.807) is 36.5 Å². The van der Waals surface area contributed by atoms with Gasteiger partial charge in [0, 0.05) is 89.0 Å². The largest absolute Gasteiger partial charge is 0.455 e. The molecule has 46 heavy (non-hydrogen) atoms. The molecule has 0 spiro atoms. The van der Waals surface area contributed by atoms with Crippen molar-refractivity contribution >= 4 is 22.8 Å². The van der Waals surface area contributed by atoms with E-state index >= 15 is 0 Å². The number of benzene rings is 1. The van der Waals surface area contributed by atoms with Gasteiger partial charge in [0.05, 0.1) is 23.8 Å². The van der Waals surface area contributed by atoms with Crippen LogP contribution in [0.2, 0.25) is 0 Å². The lowest BCUT2D eigenvalue weighted by atomic mass is 10.0. The number of pyridine rings is 2. The summed E-state index contributed by atoms with van der Waals surface area (Å²) < 4.78 is 53.7. The Balaban J connectivity index is 1.13. The third-order valence-corrected chi connectivity index (χ3v) is 8.63. The van der Waals surface area contributed by atoms with Crippen molar-refractivity contribution in [1.82, 2.24) is 29.7 Å². The lowest BCUT2D eigenvalue weighted by Gasteiger charge is -2.34. The predicted molar refractivity (Wildman–Crippen MR) is 168 cm³/mol. The molecule has 2 aliphatic rings. The number of aromatic amines is 1. The fraction of sp³-hybridized carbons (Fsp3) is 0.424. The number of hydrogen-bond acceptors (Lipinski definition) is 7. The highest BCUT2D eigenvalue weighted by Gasteiger charge is 2.34. The molecule has 1 aromatic carbocycles. The lowest BCUT2D eigenvalue weighted by Crippen LogP contribution is -2.45. The summed E-state index contributed by atoms with van der Waals surface area (Å²) >= 11 is 0. The minimum absolute atomic E-state index is 0.107. The number of aromatic nitrogens is 3. The lowest BCUT2D eigenvalue weighted by molar-refractivity contribution is -0.138. The molecule has 2 aliphatic heterocycles. The van der Waals surface area contributed by atoms with E-state index in [1.165, 1.54) is 6.07 Å². The number of amides is 2. The number of carbonyl (C=O) groups is 1. The van der Waals surface area contributed by atoms with Gasteiger partial charge in [0.25, 0.3) is 0 Å². The topological polar surface area (TPSA) is 98.9 Å². The summed E-state index contributed by atoms with van der Waals surface area (Å²) in [6.07, 6.45) is 0.00359. The Kier molecular flexibility index (Phi) is 9.43. The number of urea groups is 1. The molecule has 3 aromatic heterocycles. The van der Waals surface area contributed by atoms with E-state index in [4.69, 9.17) is 9.47 Å². The molecule has 6 rings (SSSR count). The van der Waals surface area contributed by atoms with Gasteiger partial charge in [-0.15, -0.1) is 0 Å². The van der Waals surface area contributed by atoms with E-state index < -0.39 is 17.8 Å². The second-order valence-electron chi connectivity index (χ2n) is 11.7. The zero-order chi connectivity index (χ0) is 32.3. The molecular weight excluding hydrogens is 599 g/mol. The minimum atomic E-state index is -4.54. The zero-order valence-electron chi connectivity index (χ0n) is 26.0. The molecule has 13 heteroatoms. The Morgan fingerprint density at radius 1 is 1.04 bits per heavy atom. The number of likely N-dealkylation sites (N-methyl/N-ethyl adjacent to an activating group) is 1. The van der Waals surface area contributed by atoms with Crippen LogP contribution in [0.5, 0.6) is 11.5 Å². The maximum Gasteiger partial charge on any atom is 0.416 e. The summed E-state index contributed by atoms with van der Waals surface area (Å²) in [5.41, 5.74) is 2.93.